The van der Waals surface area contributed by atoms with Gasteiger partial charge in [-0.1, -0.05) is 44.0 Å². The number of methoxy groups -OCH3 is 1. The van der Waals surface area contributed by atoms with Crippen LogP contribution in [0.1, 0.15) is 43.0 Å². The molecular weight excluding hydrogens is 450 g/mol. The van der Waals surface area contributed by atoms with Crippen LogP contribution in [0.15, 0.2) is 34.4 Å². The van der Waals surface area contributed by atoms with Crippen LogP contribution in [0.5, 0.6) is 0 Å². The molecule has 0 unspecified atom stereocenters. The Hall–Kier alpha value is -2.17. The van der Waals surface area contributed by atoms with Gasteiger partial charge in [-0.3, -0.25) is 4.57 Å². The maximum atomic E-state index is 11.9. The first-order valence-corrected chi connectivity index (χ1v) is 12.6. The van der Waals surface area contributed by atoms with E-state index in [0.29, 0.717) is 33.3 Å². The number of carbonyl (C=O) groups is 1. The molecule has 2 heterocycles. The highest BCUT2D eigenvalue weighted by atomic mass is 32.2. The van der Waals surface area contributed by atoms with Crippen molar-refractivity contribution in [3.8, 4) is 5.69 Å². The summed E-state index contributed by atoms with van der Waals surface area (Å²) in [5.74, 6) is 0.915. The highest BCUT2D eigenvalue weighted by Gasteiger charge is 2.17. The molecule has 0 aliphatic heterocycles. The van der Waals surface area contributed by atoms with E-state index in [1.807, 2.05) is 12.3 Å². The van der Waals surface area contributed by atoms with Gasteiger partial charge in [0.05, 0.1) is 23.7 Å². The van der Waals surface area contributed by atoms with Crippen molar-refractivity contribution < 1.29 is 9.53 Å². The molecule has 0 saturated carbocycles. The number of thioether (sulfide) groups is 2. The smallest absolute Gasteiger partial charge is 0.337 e. The van der Waals surface area contributed by atoms with E-state index in [2.05, 4.69) is 16.9 Å². The summed E-state index contributed by atoms with van der Waals surface area (Å²) in [7, 11) is 1.34. The lowest BCUT2D eigenvalue weighted by Crippen LogP contribution is -2.11. The molecule has 2 N–H and O–H groups in total. The zero-order valence-corrected chi connectivity index (χ0v) is 20.2. The monoisotopic (exact) mass is 475 g/mol. The van der Waals surface area contributed by atoms with Gasteiger partial charge in [-0.25, -0.2) is 14.8 Å². The van der Waals surface area contributed by atoms with Crippen LogP contribution in [-0.2, 0) is 4.74 Å². The van der Waals surface area contributed by atoms with Crippen molar-refractivity contribution in [2.24, 2.45) is 0 Å². The number of hydrogen-bond donors (Lipinski definition) is 1. The minimum atomic E-state index is -0.436. The SMILES string of the molecule is CCCCCCSc1nc(SC)c2c(N)n(-c3cccc(C(=O)OC)c3)c(=S)nc2n1. The van der Waals surface area contributed by atoms with E-state index in [0.717, 1.165) is 17.2 Å². The molecule has 164 valence electrons. The van der Waals surface area contributed by atoms with Crippen molar-refractivity contribution in [2.45, 2.75) is 42.8 Å². The normalized spacial score (nSPS) is 11.1. The molecule has 10 heteroatoms. The number of nitrogens with two attached hydrogens (primary N) is 1. The number of benzene rings is 1. The van der Waals surface area contributed by atoms with Crippen molar-refractivity contribution in [1.29, 1.82) is 0 Å². The number of anilines is 1. The summed E-state index contributed by atoms with van der Waals surface area (Å²) in [5, 5.41) is 2.08. The number of rotatable bonds is 9. The van der Waals surface area contributed by atoms with E-state index in [1.54, 1.807) is 34.5 Å². The number of unbranched alkanes of at least 4 members (excludes halogenated alkanes) is 3. The molecule has 1 aromatic carbocycles. The van der Waals surface area contributed by atoms with Crippen LogP contribution in [-0.4, -0.2) is 44.6 Å². The summed E-state index contributed by atoms with van der Waals surface area (Å²) in [5.41, 5.74) is 8.04. The Bertz CT molecular complexity index is 1150. The third-order valence-electron chi connectivity index (χ3n) is 4.67. The molecule has 0 spiro atoms. The Labute approximate surface area is 195 Å². The second kappa shape index (κ2) is 10.9. The van der Waals surface area contributed by atoms with Gasteiger partial charge >= 0.3 is 5.97 Å². The van der Waals surface area contributed by atoms with Gasteiger partial charge in [-0.15, -0.1) is 11.8 Å². The fraction of sp³-hybridized carbons (Fsp3) is 0.381. The van der Waals surface area contributed by atoms with E-state index in [9.17, 15) is 4.79 Å². The predicted molar refractivity (Wildman–Crippen MR) is 130 cm³/mol. The maximum absolute atomic E-state index is 11.9. The van der Waals surface area contributed by atoms with Gasteiger partial charge in [-0.2, -0.15) is 4.98 Å². The Morgan fingerprint density at radius 2 is 2.03 bits per heavy atom. The first-order chi connectivity index (χ1) is 15.0. The van der Waals surface area contributed by atoms with E-state index in [-0.39, 0.29) is 4.77 Å². The molecule has 0 bridgehead atoms. The molecule has 0 amide bonds. The minimum absolute atomic E-state index is 0.261. The number of nitrogens with zero attached hydrogens (tertiary/aromatic N) is 4. The van der Waals surface area contributed by atoms with Gasteiger partial charge in [0.2, 0.25) is 4.77 Å². The van der Waals surface area contributed by atoms with E-state index in [1.165, 1.54) is 38.1 Å². The number of hydrogen-bond acceptors (Lipinski definition) is 9. The number of ether oxygens (including phenoxy) is 1. The Balaban J connectivity index is 2.04. The van der Waals surface area contributed by atoms with Gasteiger partial charge in [0.25, 0.3) is 0 Å². The number of nitrogen functional groups attached to an aromatic ring is 1. The molecule has 0 aliphatic rings. The number of carbonyl (C=O) groups excluding carboxylic acids is 1. The third kappa shape index (κ3) is 5.36. The average Bonchev–Trinajstić information content (AvgIpc) is 2.77. The molecule has 0 aliphatic carbocycles. The number of aromatic nitrogens is 4. The van der Waals surface area contributed by atoms with E-state index < -0.39 is 5.97 Å². The molecule has 2 aromatic heterocycles. The quantitative estimate of drug-likeness (QED) is 0.110. The van der Waals surface area contributed by atoms with Crippen molar-refractivity contribution in [3.63, 3.8) is 0 Å². The standard InChI is InChI=1S/C21H25N5O2S3/c1-4-5-6-7-11-31-20-23-17-15(18(25-20)30-3)16(22)26(21(29)24-17)14-10-8-9-13(12-14)19(27)28-2/h8-10,12H,4-7,11,22H2,1-3H3. The average molecular weight is 476 g/mol. The van der Waals surface area contributed by atoms with Crippen molar-refractivity contribution >= 4 is 58.6 Å². The zero-order valence-electron chi connectivity index (χ0n) is 17.8. The van der Waals surface area contributed by atoms with Crippen LogP contribution in [0, 0.1) is 4.77 Å². The number of fused-ring (bicyclic) bond motifs is 1. The van der Waals surface area contributed by atoms with Gasteiger partial charge in [0.15, 0.2) is 10.8 Å². The zero-order chi connectivity index (χ0) is 22.4. The second-order valence-electron chi connectivity index (χ2n) is 6.78. The highest BCUT2D eigenvalue weighted by Crippen LogP contribution is 2.31. The number of esters is 1. The van der Waals surface area contributed by atoms with Crippen LogP contribution in [0.3, 0.4) is 0 Å². The van der Waals surface area contributed by atoms with Gasteiger partial charge in [0.1, 0.15) is 10.8 Å². The lowest BCUT2D eigenvalue weighted by Gasteiger charge is -2.15. The summed E-state index contributed by atoms with van der Waals surface area (Å²) in [6.07, 6.45) is 6.73. The fourth-order valence-electron chi connectivity index (χ4n) is 3.11. The molecule has 0 fully saturated rings. The first kappa shape index (κ1) is 23.5. The van der Waals surface area contributed by atoms with Crippen LogP contribution < -0.4 is 5.73 Å². The molecule has 0 atom stereocenters. The largest absolute Gasteiger partial charge is 0.465 e. The molecule has 0 radical (unpaired) electrons. The van der Waals surface area contributed by atoms with Crippen LogP contribution in [0.4, 0.5) is 5.82 Å². The van der Waals surface area contributed by atoms with Crippen molar-refractivity contribution in [2.75, 3.05) is 24.9 Å². The molecule has 3 aromatic rings. The highest BCUT2D eigenvalue weighted by molar-refractivity contribution is 7.99. The molecule has 7 nitrogen and oxygen atoms in total. The van der Waals surface area contributed by atoms with Crippen LogP contribution in [0.2, 0.25) is 0 Å². The summed E-state index contributed by atoms with van der Waals surface area (Å²) in [6, 6.07) is 6.90. The lowest BCUT2D eigenvalue weighted by molar-refractivity contribution is 0.0600. The Morgan fingerprint density at radius 3 is 2.74 bits per heavy atom. The third-order valence-corrected chi connectivity index (χ3v) is 6.56. The summed E-state index contributed by atoms with van der Waals surface area (Å²) < 4.78 is 6.71. The van der Waals surface area contributed by atoms with Crippen molar-refractivity contribution in [1.82, 2.24) is 19.5 Å². The van der Waals surface area contributed by atoms with E-state index in [4.69, 9.17) is 27.7 Å². The molecule has 0 saturated heterocycles. The maximum Gasteiger partial charge on any atom is 0.337 e. The second-order valence-corrected chi connectivity index (χ2v) is 9.00. The lowest BCUT2D eigenvalue weighted by atomic mass is 10.2. The molecule has 3 rings (SSSR count). The summed E-state index contributed by atoms with van der Waals surface area (Å²) in [6.45, 7) is 2.20. The predicted octanol–water partition coefficient (Wildman–Crippen LogP) is 5.31. The summed E-state index contributed by atoms with van der Waals surface area (Å²) >= 11 is 8.64. The first-order valence-electron chi connectivity index (χ1n) is 9.96. The van der Waals surface area contributed by atoms with Crippen LogP contribution >= 0.6 is 35.7 Å². The fourth-order valence-corrected chi connectivity index (χ4v) is 4.88. The van der Waals surface area contributed by atoms with Gasteiger partial charge < -0.3 is 10.5 Å². The summed E-state index contributed by atoms with van der Waals surface area (Å²) in [4.78, 5) is 25.8. The van der Waals surface area contributed by atoms with Crippen molar-refractivity contribution in [3.05, 3.63) is 34.6 Å². The minimum Gasteiger partial charge on any atom is -0.465 e. The van der Waals surface area contributed by atoms with Gasteiger partial charge in [0, 0.05) is 5.75 Å². The Morgan fingerprint density at radius 1 is 1.23 bits per heavy atom. The molecular formula is C21H25N5O2S3. The Kier molecular flexibility index (Phi) is 8.28. The van der Waals surface area contributed by atoms with E-state index >= 15 is 0 Å². The molecule has 31 heavy (non-hydrogen) atoms. The van der Waals surface area contributed by atoms with Gasteiger partial charge in [-0.05, 0) is 43.1 Å². The van der Waals surface area contributed by atoms with Crippen LogP contribution in [0.25, 0.3) is 16.7 Å². The topological polar surface area (TPSA) is 95.9 Å².